The second-order valence-corrected chi connectivity index (χ2v) is 5.25. The van der Waals surface area contributed by atoms with E-state index >= 15 is 0 Å². The lowest BCUT2D eigenvalue weighted by atomic mass is 10.3. The van der Waals surface area contributed by atoms with Crippen molar-refractivity contribution < 1.29 is 4.74 Å². The predicted octanol–water partition coefficient (Wildman–Crippen LogP) is 2.11. The highest BCUT2D eigenvalue weighted by molar-refractivity contribution is 7.99. The van der Waals surface area contributed by atoms with Crippen LogP contribution in [0, 0.1) is 0 Å². The van der Waals surface area contributed by atoms with Gasteiger partial charge in [0.2, 0.25) is 5.95 Å². The van der Waals surface area contributed by atoms with Crippen LogP contribution in [-0.2, 0) is 7.05 Å². The summed E-state index contributed by atoms with van der Waals surface area (Å²) in [4.78, 5) is 13.8. The van der Waals surface area contributed by atoms with E-state index < -0.39 is 0 Å². The number of fused-ring (bicyclic) bond motifs is 1. The molecule has 2 N–H and O–H groups in total. The Labute approximate surface area is 120 Å². The zero-order valence-electron chi connectivity index (χ0n) is 11.1. The van der Waals surface area contributed by atoms with E-state index in [4.69, 9.17) is 10.5 Å². The van der Waals surface area contributed by atoms with Gasteiger partial charge in [-0.15, -0.1) is 0 Å². The maximum Gasteiger partial charge on any atom is 0.223 e. The molecular formula is C13H13N5OS. The Morgan fingerprint density at radius 1 is 1.20 bits per heavy atom. The Hall–Kier alpha value is -2.28. The van der Waals surface area contributed by atoms with Crippen molar-refractivity contribution in [2.24, 2.45) is 7.05 Å². The summed E-state index contributed by atoms with van der Waals surface area (Å²) in [6.45, 7) is 0. The number of nitrogen functional groups attached to an aromatic ring is 1. The van der Waals surface area contributed by atoms with Gasteiger partial charge < -0.3 is 15.0 Å². The molecule has 3 rings (SSSR count). The number of rotatable bonds is 3. The molecule has 0 amide bonds. The molecule has 6 nitrogen and oxygen atoms in total. The van der Waals surface area contributed by atoms with Gasteiger partial charge in [-0.25, -0.2) is 9.97 Å². The highest BCUT2D eigenvalue weighted by Gasteiger charge is 2.12. The summed E-state index contributed by atoms with van der Waals surface area (Å²) >= 11 is 1.50. The quantitative estimate of drug-likeness (QED) is 0.743. The Balaban J connectivity index is 2.01. The van der Waals surface area contributed by atoms with Crippen LogP contribution in [-0.4, -0.2) is 26.6 Å². The fraction of sp³-hybridized carbons (Fsp3) is 0.154. The van der Waals surface area contributed by atoms with Gasteiger partial charge in [0.05, 0.1) is 13.4 Å². The van der Waals surface area contributed by atoms with Gasteiger partial charge in [-0.3, -0.25) is 0 Å². The summed E-state index contributed by atoms with van der Waals surface area (Å²) < 4.78 is 6.97. The molecule has 20 heavy (non-hydrogen) atoms. The van der Waals surface area contributed by atoms with Crippen LogP contribution in [0.4, 0.5) is 5.95 Å². The van der Waals surface area contributed by atoms with Crippen LogP contribution in [0.1, 0.15) is 0 Å². The van der Waals surface area contributed by atoms with Crippen LogP contribution in [0.25, 0.3) is 11.2 Å². The molecule has 7 heteroatoms. The van der Waals surface area contributed by atoms with Crippen molar-refractivity contribution in [2.45, 2.75) is 9.92 Å². The number of ether oxygens (including phenoxy) is 1. The van der Waals surface area contributed by atoms with Gasteiger partial charge in [0.15, 0.2) is 5.65 Å². The maximum absolute atomic E-state index is 5.76. The highest BCUT2D eigenvalue weighted by Crippen LogP contribution is 2.31. The molecule has 102 valence electrons. The van der Waals surface area contributed by atoms with Crippen LogP contribution >= 0.6 is 11.8 Å². The largest absolute Gasteiger partial charge is 0.497 e. The molecule has 0 aliphatic heterocycles. The minimum Gasteiger partial charge on any atom is -0.497 e. The van der Waals surface area contributed by atoms with Crippen molar-refractivity contribution in [1.29, 1.82) is 0 Å². The van der Waals surface area contributed by atoms with Crippen molar-refractivity contribution in [2.75, 3.05) is 12.8 Å². The van der Waals surface area contributed by atoms with E-state index in [9.17, 15) is 0 Å². The predicted molar refractivity (Wildman–Crippen MR) is 77.8 cm³/mol. The van der Waals surface area contributed by atoms with Crippen LogP contribution in [0.15, 0.2) is 40.5 Å². The van der Waals surface area contributed by atoms with Gasteiger partial charge in [0.25, 0.3) is 0 Å². The molecular weight excluding hydrogens is 274 g/mol. The standard InChI is InChI=1S/C13H13N5OS/c1-18-7-15-10-11(18)16-13(14)17-12(10)20-9-5-3-8(19-2)4-6-9/h3-7H,1-2H3,(H2,14,16,17). The van der Waals surface area contributed by atoms with Gasteiger partial charge >= 0.3 is 0 Å². The van der Waals surface area contributed by atoms with Crippen LogP contribution in [0.5, 0.6) is 5.75 Å². The zero-order valence-corrected chi connectivity index (χ0v) is 11.9. The normalized spacial score (nSPS) is 10.9. The number of hydrogen-bond acceptors (Lipinski definition) is 6. The smallest absolute Gasteiger partial charge is 0.223 e. The Bertz CT molecular complexity index is 753. The number of methoxy groups -OCH3 is 1. The summed E-state index contributed by atoms with van der Waals surface area (Å²) in [5.41, 5.74) is 7.24. The molecule has 0 bridgehead atoms. The summed E-state index contributed by atoms with van der Waals surface area (Å²) in [5.74, 6) is 1.07. The monoisotopic (exact) mass is 287 g/mol. The van der Waals surface area contributed by atoms with E-state index in [0.717, 1.165) is 26.8 Å². The Morgan fingerprint density at radius 2 is 1.95 bits per heavy atom. The van der Waals surface area contributed by atoms with Crippen molar-refractivity contribution in [1.82, 2.24) is 19.5 Å². The molecule has 1 aromatic carbocycles. The lowest BCUT2D eigenvalue weighted by Crippen LogP contribution is -1.99. The molecule has 0 saturated carbocycles. The van der Waals surface area contributed by atoms with E-state index in [1.165, 1.54) is 11.8 Å². The lowest BCUT2D eigenvalue weighted by molar-refractivity contribution is 0.414. The van der Waals surface area contributed by atoms with E-state index in [-0.39, 0.29) is 5.95 Å². The molecule has 3 aromatic rings. The molecule has 0 unspecified atom stereocenters. The second-order valence-electron chi connectivity index (χ2n) is 4.19. The first-order chi connectivity index (χ1) is 9.67. The summed E-state index contributed by atoms with van der Waals surface area (Å²) in [6.07, 6.45) is 1.71. The topological polar surface area (TPSA) is 78.8 Å². The number of nitrogens with two attached hydrogens (primary N) is 1. The summed E-state index contributed by atoms with van der Waals surface area (Å²) in [6, 6.07) is 7.75. The summed E-state index contributed by atoms with van der Waals surface area (Å²) in [7, 11) is 3.52. The summed E-state index contributed by atoms with van der Waals surface area (Å²) in [5, 5.41) is 0.748. The molecule has 2 aromatic heterocycles. The first-order valence-corrected chi connectivity index (χ1v) is 6.75. The number of anilines is 1. The molecule has 0 radical (unpaired) electrons. The van der Waals surface area contributed by atoms with Crippen molar-refractivity contribution in [3.8, 4) is 5.75 Å². The molecule has 0 spiro atoms. The first kappa shape index (κ1) is 12.7. The van der Waals surface area contributed by atoms with Crippen molar-refractivity contribution in [3.05, 3.63) is 30.6 Å². The van der Waals surface area contributed by atoms with E-state index in [1.54, 1.807) is 13.4 Å². The molecule has 0 atom stereocenters. The number of aryl methyl sites for hydroxylation is 1. The fourth-order valence-corrected chi connectivity index (χ4v) is 2.70. The molecule has 2 heterocycles. The average Bonchev–Trinajstić information content (AvgIpc) is 2.81. The van der Waals surface area contributed by atoms with Gasteiger partial charge in [-0.1, -0.05) is 11.8 Å². The third-order valence-corrected chi connectivity index (χ3v) is 3.80. The molecule has 0 aliphatic carbocycles. The van der Waals surface area contributed by atoms with Crippen LogP contribution < -0.4 is 10.5 Å². The average molecular weight is 287 g/mol. The zero-order chi connectivity index (χ0) is 14.1. The number of nitrogens with zero attached hydrogens (tertiary/aromatic N) is 4. The van der Waals surface area contributed by atoms with E-state index in [0.29, 0.717) is 0 Å². The van der Waals surface area contributed by atoms with Crippen LogP contribution in [0.3, 0.4) is 0 Å². The van der Waals surface area contributed by atoms with E-state index in [1.807, 2.05) is 35.9 Å². The molecule has 0 fully saturated rings. The first-order valence-electron chi connectivity index (χ1n) is 5.94. The Kier molecular flexibility index (Phi) is 3.19. The van der Waals surface area contributed by atoms with E-state index in [2.05, 4.69) is 15.0 Å². The number of aromatic nitrogens is 4. The minimum atomic E-state index is 0.247. The second kappa shape index (κ2) is 5.01. The van der Waals surface area contributed by atoms with Gasteiger partial charge in [0, 0.05) is 11.9 Å². The Morgan fingerprint density at radius 3 is 2.65 bits per heavy atom. The van der Waals surface area contributed by atoms with Gasteiger partial charge in [0.1, 0.15) is 16.3 Å². The third kappa shape index (κ3) is 2.27. The van der Waals surface area contributed by atoms with Crippen molar-refractivity contribution >= 4 is 28.9 Å². The minimum absolute atomic E-state index is 0.247. The fourth-order valence-electron chi connectivity index (χ4n) is 1.82. The van der Waals surface area contributed by atoms with Gasteiger partial charge in [-0.05, 0) is 24.3 Å². The number of hydrogen-bond donors (Lipinski definition) is 1. The number of imidazole rings is 1. The number of benzene rings is 1. The highest BCUT2D eigenvalue weighted by atomic mass is 32.2. The van der Waals surface area contributed by atoms with Crippen molar-refractivity contribution in [3.63, 3.8) is 0 Å². The lowest BCUT2D eigenvalue weighted by Gasteiger charge is -2.04. The molecule has 0 saturated heterocycles. The SMILES string of the molecule is COc1ccc(Sc2nc(N)nc3c2ncn3C)cc1. The maximum atomic E-state index is 5.76. The molecule has 0 aliphatic rings. The van der Waals surface area contributed by atoms with Gasteiger partial charge in [-0.2, -0.15) is 4.98 Å². The third-order valence-electron chi connectivity index (χ3n) is 2.82. The van der Waals surface area contributed by atoms with Crippen LogP contribution in [0.2, 0.25) is 0 Å².